The van der Waals surface area contributed by atoms with E-state index in [0.29, 0.717) is 11.5 Å². The van der Waals surface area contributed by atoms with Crippen LogP contribution in [-0.4, -0.2) is 30.9 Å². The third-order valence-corrected chi connectivity index (χ3v) is 6.25. The van der Waals surface area contributed by atoms with E-state index in [4.69, 9.17) is 14.2 Å². The Bertz CT molecular complexity index is 798. The molecule has 0 bridgehead atoms. The van der Waals surface area contributed by atoms with Crippen LogP contribution in [0.25, 0.3) is 0 Å². The lowest BCUT2D eigenvalue weighted by Gasteiger charge is -2.29. The van der Waals surface area contributed by atoms with Gasteiger partial charge in [-0.3, -0.25) is 0 Å². The molecule has 1 spiro atoms. The first-order chi connectivity index (χ1) is 11.6. The quantitative estimate of drug-likeness (QED) is 0.475. The van der Waals surface area contributed by atoms with E-state index < -0.39 is 21.4 Å². The number of hydrogen-bond donors (Lipinski definition) is 0. The van der Waals surface area contributed by atoms with Crippen LogP contribution in [0.3, 0.4) is 0 Å². The summed E-state index contributed by atoms with van der Waals surface area (Å²) >= 11 is 1.23. The molecule has 1 saturated heterocycles. The number of fused-ring (bicyclic) bond motifs is 4. The highest BCUT2D eigenvalue weighted by molar-refractivity contribution is 8.11. The average Bonchev–Trinajstić information content (AvgIpc) is 3.32. The molecule has 2 heterocycles. The summed E-state index contributed by atoms with van der Waals surface area (Å²) in [5.74, 6) is 0.00785. The molecule has 4 rings (SSSR count). The Hall–Kier alpha value is -2.47. The number of ether oxygens (including phenoxy) is 3. The Morgan fingerprint density at radius 1 is 0.875 bits per heavy atom. The molecule has 6 heteroatoms. The topological polar surface area (TPSA) is 61.8 Å². The van der Waals surface area contributed by atoms with E-state index in [9.17, 15) is 9.59 Å². The monoisotopic (exact) mass is 342 g/mol. The van der Waals surface area contributed by atoms with Crippen LogP contribution < -0.4 is 4.74 Å². The van der Waals surface area contributed by atoms with Crippen molar-refractivity contribution in [1.29, 1.82) is 0 Å². The molecule has 0 atom stereocenters. The summed E-state index contributed by atoms with van der Waals surface area (Å²) in [4.78, 5) is 25.2. The van der Waals surface area contributed by atoms with Crippen LogP contribution in [0.2, 0.25) is 0 Å². The molecule has 2 aromatic carbocycles. The number of rotatable bonds is 2. The number of para-hydroxylation sites is 2. The number of methoxy groups -OCH3 is 2. The van der Waals surface area contributed by atoms with E-state index in [1.54, 1.807) is 0 Å². The van der Waals surface area contributed by atoms with E-state index in [1.165, 1.54) is 26.0 Å². The SMILES string of the molecule is COC(=O)C1(C(=O)OC)SC12c1ccccc1Oc1ccccc12. The van der Waals surface area contributed by atoms with Gasteiger partial charge in [0.05, 0.1) is 14.2 Å². The van der Waals surface area contributed by atoms with Gasteiger partial charge in [0.2, 0.25) is 4.75 Å². The molecule has 0 saturated carbocycles. The van der Waals surface area contributed by atoms with Crippen LogP contribution in [0.15, 0.2) is 48.5 Å². The molecule has 0 aliphatic carbocycles. The van der Waals surface area contributed by atoms with Gasteiger partial charge < -0.3 is 14.2 Å². The largest absolute Gasteiger partial charge is 0.467 e. The molecule has 2 aliphatic rings. The van der Waals surface area contributed by atoms with Crippen LogP contribution in [-0.2, 0) is 23.8 Å². The number of carbonyl (C=O) groups is 2. The second-order valence-electron chi connectivity index (χ2n) is 5.54. The van der Waals surface area contributed by atoms with Crippen molar-refractivity contribution in [2.24, 2.45) is 0 Å². The second kappa shape index (κ2) is 5.01. The summed E-state index contributed by atoms with van der Waals surface area (Å²) in [6.45, 7) is 0. The molecule has 2 aliphatic heterocycles. The van der Waals surface area contributed by atoms with Crippen molar-refractivity contribution in [2.45, 2.75) is 9.49 Å². The van der Waals surface area contributed by atoms with Gasteiger partial charge in [-0.15, -0.1) is 11.8 Å². The van der Waals surface area contributed by atoms with Crippen molar-refractivity contribution in [3.63, 3.8) is 0 Å². The Morgan fingerprint density at radius 2 is 1.33 bits per heavy atom. The predicted octanol–water partition coefficient (Wildman–Crippen LogP) is 2.87. The maximum atomic E-state index is 12.6. The van der Waals surface area contributed by atoms with Crippen molar-refractivity contribution < 1.29 is 23.8 Å². The lowest BCUT2D eigenvalue weighted by Crippen LogP contribution is -2.43. The molecular formula is C18H14O5S. The summed E-state index contributed by atoms with van der Waals surface area (Å²) in [5, 5.41) is 0. The first-order valence-corrected chi connectivity index (χ1v) is 8.17. The molecule has 122 valence electrons. The Kier molecular flexibility index (Phi) is 3.15. The van der Waals surface area contributed by atoms with Crippen molar-refractivity contribution in [3.05, 3.63) is 59.7 Å². The van der Waals surface area contributed by atoms with E-state index in [1.807, 2.05) is 48.5 Å². The fourth-order valence-electron chi connectivity index (χ4n) is 3.39. The lowest BCUT2D eigenvalue weighted by molar-refractivity contribution is -0.155. The van der Waals surface area contributed by atoms with E-state index >= 15 is 0 Å². The summed E-state index contributed by atoms with van der Waals surface area (Å²) in [5.41, 5.74) is 1.54. The highest BCUT2D eigenvalue weighted by Gasteiger charge is 2.83. The summed E-state index contributed by atoms with van der Waals surface area (Å²) in [6, 6.07) is 14.8. The summed E-state index contributed by atoms with van der Waals surface area (Å²) in [7, 11) is 2.55. The van der Waals surface area contributed by atoms with Gasteiger partial charge in [0, 0.05) is 11.1 Å². The van der Waals surface area contributed by atoms with Gasteiger partial charge in [0.15, 0.2) is 0 Å². The fourth-order valence-corrected chi connectivity index (χ4v) is 5.08. The molecule has 24 heavy (non-hydrogen) atoms. The highest BCUT2D eigenvalue weighted by Crippen LogP contribution is 2.77. The third kappa shape index (κ3) is 1.61. The Labute approximate surface area is 142 Å². The van der Waals surface area contributed by atoms with Gasteiger partial charge in [-0.1, -0.05) is 36.4 Å². The third-order valence-electron chi connectivity index (χ3n) is 4.46. The molecule has 1 fully saturated rings. The first kappa shape index (κ1) is 15.1. The van der Waals surface area contributed by atoms with Crippen LogP contribution in [0.1, 0.15) is 11.1 Å². The predicted molar refractivity (Wildman–Crippen MR) is 88.1 cm³/mol. The zero-order valence-electron chi connectivity index (χ0n) is 13.1. The minimum Gasteiger partial charge on any atom is -0.467 e. The molecule has 0 unspecified atom stereocenters. The maximum absolute atomic E-state index is 12.6. The molecule has 2 aromatic rings. The number of benzene rings is 2. The van der Waals surface area contributed by atoms with Gasteiger partial charge in [-0.25, -0.2) is 9.59 Å². The number of thioether (sulfide) groups is 1. The minimum absolute atomic E-state index is 0.620. The molecule has 5 nitrogen and oxygen atoms in total. The normalized spacial score (nSPS) is 17.9. The number of esters is 2. The lowest BCUT2D eigenvalue weighted by atomic mass is 9.78. The van der Waals surface area contributed by atoms with E-state index in [0.717, 1.165) is 11.1 Å². The summed E-state index contributed by atoms with van der Waals surface area (Å²) in [6.07, 6.45) is 0. The van der Waals surface area contributed by atoms with E-state index in [2.05, 4.69) is 0 Å². The molecule has 0 aromatic heterocycles. The summed E-state index contributed by atoms with van der Waals surface area (Å²) < 4.78 is 13.5. The van der Waals surface area contributed by atoms with Gasteiger partial charge in [-0.05, 0) is 12.1 Å². The van der Waals surface area contributed by atoms with Crippen LogP contribution in [0.4, 0.5) is 0 Å². The van der Waals surface area contributed by atoms with Crippen LogP contribution in [0.5, 0.6) is 11.5 Å². The first-order valence-electron chi connectivity index (χ1n) is 7.35. The molecular weight excluding hydrogens is 328 g/mol. The zero-order chi connectivity index (χ0) is 16.9. The molecule has 0 amide bonds. The van der Waals surface area contributed by atoms with Gasteiger partial charge in [-0.2, -0.15) is 0 Å². The standard InChI is InChI=1S/C18H14O5S/c1-21-15(19)18(16(20)22-2)17(24-18)11-7-3-5-9-13(11)23-14-10-6-4-8-12(14)17/h3-10H,1-2H3. The minimum atomic E-state index is -1.47. The maximum Gasteiger partial charge on any atom is 0.335 e. The molecule has 0 radical (unpaired) electrons. The Balaban J connectivity index is 2.02. The van der Waals surface area contributed by atoms with Gasteiger partial charge in [0.25, 0.3) is 0 Å². The van der Waals surface area contributed by atoms with Gasteiger partial charge >= 0.3 is 11.9 Å². The molecule has 0 N–H and O–H groups in total. The second-order valence-corrected chi connectivity index (χ2v) is 6.97. The van der Waals surface area contributed by atoms with Crippen LogP contribution >= 0.6 is 11.8 Å². The smallest absolute Gasteiger partial charge is 0.335 e. The zero-order valence-corrected chi connectivity index (χ0v) is 13.9. The fraction of sp³-hybridized carbons (Fsp3) is 0.222. The number of carbonyl (C=O) groups excluding carboxylic acids is 2. The number of hydrogen-bond acceptors (Lipinski definition) is 6. The van der Waals surface area contributed by atoms with Crippen molar-refractivity contribution in [3.8, 4) is 11.5 Å². The van der Waals surface area contributed by atoms with Crippen LogP contribution in [0, 0.1) is 0 Å². The van der Waals surface area contributed by atoms with E-state index in [-0.39, 0.29) is 0 Å². The van der Waals surface area contributed by atoms with Crippen molar-refractivity contribution >= 4 is 23.7 Å². The van der Waals surface area contributed by atoms with Gasteiger partial charge in [0.1, 0.15) is 16.2 Å². The highest BCUT2D eigenvalue weighted by atomic mass is 32.2. The average molecular weight is 342 g/mol. The van der Waals surface area contributed by atoms with Crippen molar-refractivity contribution in [1.82, 2.24) is 0 Å². The Morgan fingerprint density at radius 3 is 1.79 bits per heavy atom. The van der Waals surface area contributed by atoms with Crippen molar-refractivity contribution in [2.75, 3.05) is 14.2 Å².